The Morgan fingerprint density at radius 1 is 1.52 bits per heavy atom. The maximum Gasteiger partial charge on any atom is 0.227 e. The number of carbonyl (C=O) groups is 1. The van der Waals surface area contributed by atoms with Crippen molar-refractivity contribution in [3.8, 4) is 0 Å². The monoisotopic (exact) mass is 345 g/mol. The molecule has 1 aromatic heterocycles. The molecule has 3 aliphatic rings. The first-order valence-corrected chi connectivity index (χ1v) is 9.61. The number of nitrogens with zero attached hydrogens (tertiary/aromatic N) is 5. The summed E-state index contributed by atoms with van der Waals surface area (Å²) < 4.78 is 2.00. The third kappa shape index (κ3) is 4.11. The summed E-state index contributed by atoms with van der Waals surface area (Å²) in [5.41, 5.74) is 1.09. The Bertz CT molecular complexity index is 598. The second-order valence-electron chi connectivity index (χ2n) is 7.58. The highest BCUT2D eigenvalue weighted by molar-refractivity contribution is 5.79. The van der Waals surface area contributed by atoms with Crippen molar-refractivity contribution in [2.45, 2.75) is 51.6 Å². The second-order valence-corrected chi connectivity index (χ2v) is 7.58. The van der Waals surface area contributed by atoms with Gasteiger partial charge in [-0.2, -0.15) is 0 Å². The summed E-state index contributed by atoms with van der Waals surface area (Å²) in [5.74, 6) is 0.916. The number of hydrogen-bond donors (Lipinski definition) is 0. The molecule has 0 radical (unpaired) electrons. The van der Waals surface area contributed by atoms with E-state index in [2.05, 4.69) is 34.9 Å². The molecule has 3 aliphatic heterocycles. The topological polar surface area (TPSA) is 54.3 Å². The third-order valence-corrected chi connectivity index (χ3v) is 5.75. The minimum absolute atomic E-state index is 0.144. The number of fused-ring (bicyclic) bond motifs is 3. The summed E-state index contributed by atoms with van der Waals surface area (Å²) in [6.07, 6.45) is 9.47. The highest BCUT2D eigenvalue weighted by Crippen LogP contribution is 2.37. The van der Waals surface area contributed by atoms with E-state index in [0.29, 0.717) is 18.5 Å². The molecule has 138 valence electrons. The van der Waals surface area contributed by atoms with E-state index in [-0.39, 0.29) is 11.8 Å². The fourth-order valence-electron chi connectivity index (χ4n) is 4.29. The fourth-order valence-corrected chi connectivity index (χ4v) is 4.29. The van der Waals surface area contributed by atoms with Gasteiger partial charge in [0, 0.05) is 32.4 Å². The number of unbranched alkanes of at least 4 members (excludes halogenated alkanes) is 1. The molecule has 1 aromatic rings. The summed E-state index contributed by atoms with van der Waals surface area (Å²) >= 11 is 0. The molecule has 0 saturated carbocycles. The Morgan fingerprint density at radius 2 is 2.36 bits per heavy atom. The Morgan fingerprint density at radius 3 is 3.04 bits per heavy atom. The van der Waals surface area contributed by atoms with E-state index in [9.17, 15) is 4.79 Å². The molecule has 3 saturated heterocycles. The van der Waals surface area contributed by atoms with Crippen molar-refractivity contribution in [2.24, 2.45) is 11.8 Å². The molecule has 4 rings (SSSR count). The predicted octanol–water partition coefficient (Wildman–Crippen LogP) is 1.98. The summed E-state index contributed by atoms with van der Waals surface area (Å²) in [6, 6.07) is 0.480. The molecule has 3 fully saturated rings. The Balaban J connectivity index is 1.58. The largest absolute Gasteiger partial charge is 0.342 e. The van der Waals surface area contributed by atoms with Gasteiger partial charge in [-0.05, 0) is 38.1 Å². The lowest BCUT2D eigenvalue weighted by Gasteiger charge is -2.49. The number of carbonyl (C=O) groups excluding carboxylic acids is 1. The zero-order valence-corrected chi connectivity index (χ0v) is 15.6. The molecule has 2 bridgehead atoms. The van der Waals surface area contributed by atoms with Crippen LogP contribution >= 0.6 is 0 Å². The molecule has 1 amide bonds. The van der Waals surface area contributed by atoms with Gasteiger partial charge < -0.3 is 4.90 Å². The minimum atomic E-state index is 0.144. The molecule has 0 aromatic carbocycles. The Labute approximate surface area is 150 Å². The maximum absolute atomic E-state index is 12.7. The molecule has 6 heteroatoms. The summed E-state index contributed by atoms with van der Waals surface area (Å²) in [5, 5.41) is 8.60. The van der Waals surface area contributed by atoms with Crippen molar-refractivity contribution in [1.29, 1.82) is 0 Å². The number of piperidine rings is 3. The van der Waals surface area contributed by atoms with Crippen molar-refractivity contribution in [3.05, 3.63) is 24.5 Å². The molecule has 6 nitrogen and oxygen atoms in total. The van der Waals surface area contributed by atoms with E-state index in [1.165, 1.54) is 12.8 Å². The van der Waals surface area contributed by atoms with Gasteiger partial charge in [-0.25, -0.2) is 0 Å². The average molecular weight is 345 g/mol. The molecule has 4 atom stereocenters. The standard InChI is InChI=1S/C19H31N5O/c1-4-6-7-16-12-24(21-20-16)13-17-11-15-8-10-23(17)14-18(15)19(25)22(3)9-5-2/h5,12,15,17-18H,2,4,6-11,13-14H2,1,3H3/t15-,17-,18+/m1/s1. The van der Waals surface area contributed by atoms with E-state index in [1.807, 2.05) is 16.6 Å². The molecule has 4 heterocycles. The molecule has 0 N–H and O–H groups in total. The summed E-state index contributed by atoms with van der Waals surface area (Å²) in [7, 11) is 1.88. The van der Waals surface area contributed by atoms with Crippen LogP contribution < -0.4 is 0 Å². The van der Waals surface area contributed by atoms with Crippen molar-refractivity contribution in [1.82, 2.24) is 24.8 Å². The first-order valence-electron chi connectivity index (χ1n) is 9.61. The van der Waals surface area contributed by atoms with E-state index >= 15 is 0 Å². The highest BCUT2D eigenvalue weighted by Gasteiger charge is 2.43. The van der Waals surface area contributed by atoms with Crippen molar-refractivity contribution in [3.63, 3.8) is 0 Å². The minimum Gasteiger partial charge on any atom is -0.342 e. The van der Waals surface area contributed by atoms with Crippen LogP contribution in [0, 0.1) is 11.8 Å². The quantitative estimate of drug-likeness (QED) is 0.676. The van der Waals surface area contributed by atoms with Gasteiger partial charge in [-0.15, -0.1) is 11.7 Å². The van der Waals surface area contributed by atoms with Gasteiger partial charge in [0.15, 0.2) is 0 Å². The van der Waals surface area contributed by atoms with Crippen molar-refractivity contribution >= 4 is 5.91 Å². The van der Waals surface area contributed by atoms with E-state index in [4.69, 9.17) is 0 Å². The lowest BCUT2D eigenvalue weighted by atomic mass is 9.75. The molecular formula is C19H31N5O. The number of aryl methyl sites for hydroxylation is 1. The van der Waals surface area contributed by atoms with Gasteiger partial charge in [0.05, 0.1) is 18.2 Å². The number of rotatable bonds is 8. The van der Waals surface area contributed by atoms with Gasteiger partial charge in [0.1, 0.15) is 0 Å². The van der Waals surface area contributed by atoms with E-state index in [1.54, 1.807) is 6.08 Å². The third-order valence-electron chi connectivity index (χ3n) is 5.75. The zero-order valence-electron chi connectivity index (χ0n) is 15.6. The van der Waals surface area contributed by atoms with Crippen LogP contribution in [0.5, 0.6) is 0 Å². The Kier molecular flexibility index (Phi) is 5.89. The van der Waals surface area contributed by atoms with Crippen LogP contribution in [-0.4, -0.2) is 63.4 Å². The zero-order chi connectivity index (χ0) is 17.8. The summed E-state index contributed by atoms with van der Waals surface area (Å²) in [4.78, 5) is 17.0. The number of likely N-dealkylation sites (N-methyl/N-ethyl adjacent to an activating group) is 1. The maximum atomic E-state index is 12.7. The van der Waals surface area contributed by atoms with Crippen LogP contribution in [0.3, 0.4) is 0 Å². The number of amides is 1. The first-order chi connectivity index (χ1) is 12.1. The molecule has 0 spiro atoms. The normalized spacial score (nSPS) is 28.1. The van der Waals surface area contributed by atoms with Crippen LogP contribution in [-0.2, 0) is 17.8 Å². The van der Waals surface area contributed by atoms with Gasteiger partial charge in [0.2, 0.25) is 5.91 Å². The Hall–Kier alpha value is -1.69. The van der Waals surface area contributed by atoms with Gasteiger partial charge in [-0.1, -0.05) is 24.6 Å². The number of aromatic nitrogens is 3. The molecule has 25 heavy (non-hydrogen) atoms. The second kappa shape index (κ2) is 8.13. The van der Waals surface area contributed by atoms with Gasteiger partial charge in [0.25, 0.3) is 0 Å². The lowest BCUT2D eigenvalue weighted by Crippen LogP contribution is -2.58. The van der Waals surface area contributed by atoms with Gasteiger partial charge >= 0.3 is 0 Å². The van der Waals surface area contributed by atoms with E-state index in [0.717, 1.165) is 44.6 Å². The van der Waals surface area contributed by atoms with Crippen molar-refractivity contribution < 1.29 is 4.79 Å². The molecule has 1 unspecified atom stereocenters. The van der Waals surface area contributed by atoms with Gasteiger partial charge in [-0.3, -0.25) is 14.4 Å². The fraction of sp³-hybridized carbons (Fsp3) is 0.737. The van der Waals surface area contributed by atoms with Crippen LogP contribution in [0.4, 0.5) is 0 Å². The lowest BCUT2D eigenvalue weighted by molar-refractivity contribution is -0.142. The highest BCUT2D eigenvalue weighted by atomic mass is 16.2. The number of hydrogen-bond acceptors (Lipinski definition) is 4. The van der Waals surface area contributed by atoms with Crippen LogP contribution in [0.25, 0.3) is 0 Å². The van der Waals surface area contributed by atoms with Crippen molar-refractivity contribution in [2.75, 3.05) is 26.7 Å². The van der Waals surface area contributed by atoms with E-state index < -0.39 is 0 Å². The predicted molar refractivity (Wildman–Crippen MR) is 98.0 cm³/mol. The SMILES string of the molecule is C=CCN(C)C(=O)[C@H]1CN2CC[C@@H]1C[C@@H]2Cn1cc(CCCC)nn1. The molecular weight excluding hydrogens is 314 g/mol. The van der Waals surface area contributed by atoms with Crippen LogP contribution in [0.2, 0.25) is 0 Å². The summed E-state index contributed by atoms with van der Waals surface area (Å²) in [6.45, 7) is 9.43. The van der Waals surface area contributed by atoms with Crippen LogP contribution in [0.1, 0.15) is 38.3 Å². The molecule has 0 aliphatic carbocycles. The first kappa shape index (κ1) is 18.1. The smallest absolute Gasteiger partial charge is 0.227 e. The van der Waals surface area contributed by atoms with Crippen LogP contribution in [0.15, 0.2) is 18.9 Å². The average Bonchev–Trinajstić information content (AvgIpc) is 3.07.